The molecule has 4 rings (SSSR count). The molecule has 1 aliphatic rings. The molecular formula is C24H25N3O4S. The summed E-state index contributed by atoms with van der Waals surface area (Å²) in [5, 5.41) is 2.77. The minimum atomic E-state index is -3.64. The number of aromatic nitrogens is 1. The van der Waals surface area contributed by atoms with Crippen LogP contribution < -0.4 is 14.8 Å². The Morgan fingerprint density at radius 3 is 2.38 bits per heavy atom. The molecule has 1 heterocycles. The Morgan fingerprint density at radius 2 is 1.72 bits per heavy atom. The monoisotopic (exact) mass is 451 g/mol. The third-order valence-electron chi connectivity index (χ3n) is 5.36. The lowest BCUT2D eigenvalue weighted by Crippen LogP contribution is -2.26. The summed E-state index contributed by atoms with van der Waals surface area (Å²) in [4.78, 5) is 17.1. The van der Waals surface area contributed by atoms with Crippen LogP contribution in [0.1, 0.15) is 39.9 Å². The standard InChI is InChI=1S/C24H25N3O4S/c1-15-4-9-20(12-17(15)3)31-23-11-8-19(14-25-23)26-24(28)22-13-21(10-5-16(22)2)32(29,30)27-18-6-7-18/h4-5,8-14,18,27H,6-7H2,1-3H3,(H,26,28). The van der Waals surface area contributed by atoms with Gasteiger partial charge in [-0.15, -0.1) is 0 Å². The molecule has 0 atom stereocenters. The quantitative estimate of drug-likeness (QED) is 0.552. The fourth-order valence-electron chi connectivity index (χ4n) is 3.11. The van der Waals surface area contributed by atoms with Crippen LogP contribution in [0.4, 0.5) is 5.69 Å². The van der Waals surface area contributed by atoms with Crippen molar-refractivity contribution in [3.8, 4) is 11.6 Å². The molecule has 1 aromatic heterocycles. The van der Waals surface area contributed by atoms with E-state index in [9.17, 15) is 13.2 Å². The number of rotatable bonds is 7. The van der Waals surface area contributed by atoms with E-state index in [1.54, 1.807) is 25.1 Å². The predicted molar refractivity (Wildman–Crippen MR) is 123 cm³/mol. The van der Waals surface area contributed by atoms with Crippen LogP contribution in [0.25, 0.3) is 0 Å². The molecule has 166 valence electrons. The van der Waals surface area contributed by atoms with Crippen LogP contribution in [0.15, 0.2) is 59.6 Å². The van der Waals surface area contributed by atoms with Gasteiger partial charge in [-0.1, -0.05) is 12.1 Å². The Hall–Kier alpha value is -3.23. The summed E-state index contributed by atoms with van der Waals surface area (Å²) in [5.41, 5.74) is 3.75. The predicted octanol–water partition coefficient (Wildman–Crippen LogP) is 4.49. The summed E-state index contributed by atoms with van der Waals surface area (Å²) in [5.74, 6) is 0.683. The van der Waals surface area contributed by atoms with Gasteiger partial charge in [-0.2, -0.15) is 0 Å². The second kappa shape index (κ2) is 8.72. The van der Waals surface area contributed by atoms with Crippen molar-refractivity contribution in [1.29, 1.82) is 0 Å². The van der Waals surface area contributed by atoms with E-state index in [-0.39, 0.29) is 10.9 Å². The van der Waals surface area contributed by atoms with Crippen molar-refractivity contribution in [3.63, 3.8) is 0 Å². The lowest BCUT2D eigenvalue weighted by molar-refractivity contribution is 0.102. The lowest BCUT2D eigenvalue weighted by Gasteiger charge is -2.11. The zero-order chi connectivity index (χ0) is 22.9. The topological polar surface area (TPSA) is 97.4 Å². The Kier molecular flexibility index (Phi) is 5.99. The molecule has 3 aromatic rings. The van der Waals surface area contributed by atoms with E-state index in [4.69, 9.17) is 4.74 Å². The first-order valence-electron chi connectivity index (χ1n) is 10.4. The van der Waals surface area contributed by atoms with E-state index < -0.39 is 15.9 Å². The maximum atomic E-state index is 12.8. The molecule has 0 radical (unpaired) electrons. The molecule has 0 aliphatic heterocycles. The summed E-state index contributed by atoms with van der Waals surface area (Å²) in [6.45, 7) is 5.81. The molecule has 8 heteroatoms. The molecule has 0 spiro atoms. The smallest absolute Gasteiger partial charge is 0.256 e. The molecule has 0 bridgehead atoms. The van der Waals surface area contributed by atoms with Gasteiger partial charge in [0.25, 0.3) is 5.91 Å². The first kappa shape index (κ1) is 22.0. The van der Waals surface area contributed by atoms with Crippen molar-refractivity contribution in [2.75, 3.05) is 5.32 Å². The first-order chi connectivity index (χ1) is 15.2. The van der Waals surface area contributed by atoms with Crippen LogP contribution in [-0.4, -0.2) is 25.4 Å². The van der Waals surface area contributed by atoms with E-state index in [1.807, 2.05) is 32.0 Å². The van der Waals surface area contributed by atoms with E-state index in [0.29, 0.717) is 28.4 Å². The van der Waals surface area contributed by atoms with E-state index in [0.717, 1.165) is 18.4 Å². The number of carbonyl (C=O) groups excluding carboxylic acids is 1. The normalized spacial score (nSPS) is 13.6. The SMILES string of the molecule is Cc1ccc(Oc2ccc(NC(=O)c3cc(S(=O)(=O)NC4CC4)ccc3C)cn2)cc1C. The molecule has 7 nitrogen and oxygen atoms in total. The van der Waals surface area contributed by atoms with Gasteiger partial charge in [0, 0.05) is 17.7 Å². The highest BCUT2D eigenvalue weighted by Gasteiger charge is 2.28. The Labute approximate surface area is 187 Å². The van der Waals surface area contributed by atoms with E-state index in [1.165, 1.54) is 23.9 Å². The second-order valence-corrected chi connectivity index (χ2v) is 9.77. The van der Waals surface area contributed by atoms with Crippen LogP contribution >= 0.6 is 0 Å². The van der Waals surface area contributed by atoms with Crippen molar-refractivity contribution in [1.82, 2.24) is 9.71 Å². The molecule has 0 saturated heterocycles. The number of nitrogens with zero attached hydrogens (tertiary/aromatic N) is 1. The van der Waals surface area contributed by atoms with Crippen LogP contribution in [0.5, 0.6) is 11.6 Å². The first-order valence-corrected chi connectivity index (χ1v) is 11.8. The number of amides is 1. The third-order valence-corrected chi connectivity index (χ3v) is 6.88. The third kappa shape index (κ3) is 5.15. The molecule has 32 heavy (non-hydrogen) atoms. The highest BCUT2D eigenvalue weighted by atomic mass is 32.2. The highest BCUT2D eigenvalue weighted by Crippen LogP contribution is 2.25. The number of nitrogens with one attached hydrogen (secondary N) is 2. The average molecular weight is 452 g/mol. The summed E-state index contributed by atoms with van der Waals surface area (Å²) in [7, 11) is -3.64. The van der Waals surface area contributed by atoms with Crippen LogP contribution in [-0.2, 0) is 10.0 Å². The number of carbonyl (C=O) groups is 1. The lowest BCUT2D eigenvalue weighted by atomic mass is 10.1. The minimum absolute atomic E-state index is 0.00536. The van der Waals surface area contributed by atoms with E-state index in [2.05, 4.69) is 15.0 Å². The molecular weight excluding hydrogens is 426 g/mol. The fourth-order valence-corrected chi connectivity index (χ4v) is 4.44. The molecule has 1 amide bonds. The zero-order valence-electron chi connectivity index (χ0n) is 18.2. The van der Waals surface area contributed by atoms with Crippen molar-refractivity contribution < 1.29 is 17.9 Å². The number of hydrogen-bond donors (Lipinski definition) is 2. The number of sulfonamides is 1. The van der Waals surface area contributed by atoms with Gasteiger partial charge >= 0.3 is 0 Å². The number of pyridine rings is 1. The maximum Gasteiger partial charge on any atom is 0.256 e. The number of hydrogen-bond acceptors (Lipinski definition) is 5. The van der Waals surface area contributed by atoms with Crippen LogP contribution in [0.2, 0.25) is 0 Å². The highest BCUT2D eigenvalue weighted by molar-refractivity contribution is 7.89. The molecule has 1 fully saturated rings. The van der Waals surface area contributed by atoms with Gasteiger partial charge in [0.15, 0.2) is 0 Å². The number of benzene rings is 2. The largest absolute Gasteiger partial charge is 0.439 e. The van der Waals surface area contributed by atoms with Crippen molar-refractivity contribution >= 4 is 21.6 Å². The van der Waals surface area contributed by atoms with Gasteiger partial charge in [-0.05, 0) is 80.6 Å². The number of ether oxygens (including phenoxy) is 1. The molecule has 0 unspecified atom stereocenters. The van der Waals surface area contributed by atoms with Crippen molar-refractivity contribution in [3.05, 3.63) is 77.0 Å². The summed E-state index contributed by atoms with van der Waals surface area (Å²) >= 11 is 0. The fraction of sp³-hybridized carbons (Fsp3) is 0.250. The minimum Gasteiger partial charge on any atom is -0.439 e. The van der Waals surface area contributed by atoms with Gasteiger partial charge in [0.1, 0.15) is 5.75 Å². The molecule has 1 saturated carbocycles. The second-order valence-electron chi connectivity index (χ2n) is 8.06. The summed E-state index contributed by atoms with van der Waals surface area (Å²) in [6.07, 6.45) is 3.18. The zero-order valence-corrected chi connectivity index (χ0v) is 19.0. The Morgan fingerprint density at radius 1 is 0.969 bits per heavy atom. The number of anilines is 1. The Balaban J connectivity index is 1.46. The van der Waals surface area contributed by atoms with Gasteiger partial charge in [0.05, 0.1) is 16.8 Å². The van der Waals surface area contributed by atoms with Gasteiger partial charge in [0.2, 0.25) is 15.9 Å². The van der Waals surface area contributed by atoms with Crippen LogP contribution in [0, 0.1) is 20.8 Å². The Bertz CT molecular complexity index is 1270. The van der Waals surface area contributed by atoms with Gasteiger partial charge in [-0.3, -0.25) is 4.79 Å². The van der Waals surface area contributed by atoms with Crippen molar-refractivity contribution in [2.24, 2.45) is 0 Å². The van der Waals surface area contributed by atoms with Gasteiger partial charge in [-0.25, -0.2) is 18.1 Å². The van der Waals surface area contributed by atoms with Crippen molar-refractivity contribution in [2.45, 2.75) is 44.6 Å². The molecule has 1 aliphatic carbocycles. The average Bonchev–Trinajstić information content (AvgIpc) is 3.55. The maximum absolute atomic E-state index is 12.8. The van der Waals surface area contributed by atoms with E-state index >= 15 is 0 Å². The van der Waals surface area contributed by atoms with Crippen LogP contribution in [0.3, 0.4) is 0 Å². The molecule has 2 aromatic carbocycles. The van der Waals surface area contributed by atoms with Gasteiger partial charge < -0.3 is 10.1 Å². The number of aryl methyl sites for hydroxylation is 3. The molecule has 2 N–H and O–H groups in total. The summed E-state index contributed by atoms with van der Waals surface area (Å²) < 4.78 is 33.4. The summed E-state index contributed by atoms with van der Waals surface area (Å²) in [6, 6.07) is 13.7.